The van der Waals surface area contributed by atoms with Gasteiger partial charge in [0.15, 0.2) is 11.6 Å². The Balaban J connectivity index is 2.00. The largest absolute Gasteiger partial charge is 0.299 e. The lowest BCUT2D eigenvalue weighted by molar-refractivity contribution is -0.122. The number of Topliss-reactive ketones (excluding diaryl/α,β-unsaturated/α-hetero) is 1. The van der Waals surface area contributed by atoms with Crippen LogP contribution in [0.4, 0.5) is 8.78 Å². The van der Waals surface area contributed by atoms with E-state index in [1.807, 2.05) is 0 Å². The molecule has 0 radical (unpaired) electrons. The number of carbonyl (C=O) groups excluding carboxylic acids is 1. The number of hydrogen-bond donors (Lipinski definition) is 0. The SMILES string of the molecule is CC1CCC(C(=O)Cc2ccc(F)c(F)c2)C1. The average molecular weight is 238 g/mol. The van der Waals surface area contributed by atoms with Crippen LogP contribution in [0.5, 0.6) is 0 Å². The Morgan fingerprint density at radius 3 is 2.65 bits per heavy atom. The van der Waals surface area contributed by atoms with E-state index in [4.69, 9.17) is 0 Å². The van der Waals surface area contributed by atoms with Gasteiger partial charge in [-0.25, -0.2) is 8.78 Å². The Morgan fingerprint density at radius 2 is 2.06 bits per heavy atom. The topological polar surface area (TPSA) is 17.1 Å². The van der Waals surface area contributed by atoms with Crippen LogP contribution in [0.25, 0.3) is 0 Å². The van der Waals surface area contributed by atoms with Crippen LogP contribution in [0.1, 0.15) is 31.7 Å². The molecule has 0 spiro atoms. The zero-order valence-corrected chi connectivity index (χ0v) is 9.88. The van der Waals surface area contributed by atoms with Gasteiger partial charge in [0, 0.05) is 12.3 Å². The van der Waals surface area contributed by atoms with Crippen LogP contribution in [0.15, 0.2) is 18.2 Å². The highest BCUT2D eigenvalue weighted by Crippen LogP contribution is 2.31. The molecule has 0 heterocycles. The molecule has 0 saturated heterocycles. The summed E-state index contributed by atoms with van der Waals surface area (Å²) in [6.45, 7) is 2.14. The lowest BCUT2D eigenvalue weighted by atomic mass is 9.95. The van der Waals surface area contributed by atoms with E-state index in [-0.39, 0.29) is 18.1 Å². The van der Waals surface area contributed by atoms with E-state index < -0.39 is 11.6 Å². The monoisotopic (exact) mass is 238 g/mol. The molecule has 1 fully saturated rings. The summed E-state index contributed by atoms with van der Waals surface area (Å²) in [5, 5.41) is 0. The second-order valence-corrected chi connectivity index (χ2v) is 5.01. The van der Waals surface area contributed by atoms with E-state index in [1.54, 1.807) is 0 Å². The summed E-state index contributed by atoms with van der Waals surface area (Å²) in [5.74, 6) is -0.877. The first-order valence-electron chi connectivity index (χ1n) is 6.03. The molecule has 1 saturated carbocycles. The summed E-state index contributed by atoms with van der Waals surface area (Å²) in [4.78, 5) is 11.9. The molecule has 1 aromatic carbocycles. The van der Waals surface area contributed by atoms with Gasteiger partial charge in [-0.1, -0.05) is 13.0 Å². The minimum atomic E-state index is -0.880. The van der Waals surface area contributed by atoms with Crippen molar-refractivity contribution >= 4 is 5.78 Å². The first-order chi connectivity index (χ1) is 8.06. The molecular formula is C14H16F2O. The molecule has 0 aliphatic heterocycles. The van der Waals surface area contributed by atoms with Crippen LogP contribution < -0.4 is 0 Å². The lowest BCUT2D eigenvalue weighted by Crippen LogP contribution is -2.14. The van der Waals surface area contributed by atoms with Crippen molar-refractivity contribution in [2.75, 3.05) is 0 Å². The predicted molar refractivity (Wildman–Crippen MR) is 61.6 cm³/mol. The maximum absolute atomic E-state index is 13.0. The standard InChI is InChI=1S/C14H16F2O/c1-9-2-4-11(6-9)14(17)8-10-3-5-12(15)13(16)7-10/h3,5,7,9,11H,2,4,6,8H2,1H3. The van der Waals surface area contributed by atoms with Crippen molar-refractivity contribution in [1.29, 1.82) is 0 Å². The predicted octanol–water partition coefficient (Wildman–Crippen LogP) is 3.51. The second-order valence-electron chi connectivity index (χ2n) is 5.01. The van der Waals surface area contributed by atoms with Crippen LogP contribution in [-0.2, 0) is 11.2 Å². The lowest BCUT2D eigenvalue weighted by Gasteiger charge is -2.08. The maximum atomic E-state index is 13.0. The minimum absolute atomic E-state index is 0.109. The Hall–Kier alpha value is -1.25. The van der Waals surface area contributed by atoms with E-state index in [9.17, 15) is 13.6 Å². The number of carbonyl (C=O) groups is 1. The fourth-order valence-corrected chi connectivity index (χ4v) is 2.49. The molecule has 92 valence electrons. The number of ketones is 1. The van der Waals surface area contributed by atoms with E-state index in [0.29, 0.717) is 11.5 Å². The van der Waals surface area contributed by atoms with Crippen LogP contribution in [-0.4, -0.2) is 5.78 Å². The second kappa shape index (κ2) is 4.94. The fraction of sp³-hybridized carbons (Fsp3) is 0.500. The summed E-state index contributed by atoms with van der Waals surface area (Å²) in [6.07, 6.45) is 3.18. The van der Waals surface area contributed by atoms with Gasteiger partial charge < -0.3 is 0 Å². The molecule has 0 N–H and O–H groups in total. The maximum Gasteiger partial charge on any atom is 0.159 e. The molecule has 1 aliphatic rings. The number of halogens is 2. The van der Waals surface area contributed by atoms with Crippen LogP contribution in [0.3, 0.4) is 0 Å². The molecule has 2 unspecified atom stereocenters. The van der Waals surface area contributed by atoms with Crippen molar-refractivity contribution in [3.8, 4) is 0 Å². The summed E-state index contributed by atoms with van der Waals surface area (Å²) in [5.41, 5.74) is 0.563. The van der Waals surface area contributed by atoms with Gasteiger partial charge in [0.2, 0.25) is 0 Å². The number of hydrogen-bond acceptors (Lipinski definition) is 1. The summed E-state index contributed by atoms with van der Waals surface area (Å²) < 4.78 is 25.7. The van der Waals surface area contributed by atoms with Gasteiger partial charge in [0.25, 0.3) is 0 Å². The first kappa shape index (κ1) is 12.2. The third-order valence-corrected chi connectivity index (χ3v) is 3.51. The Morgan fingerprint density at radius 1 is 1.29 bits per heavy atom. The summed E-state index contributed by atoms with van der Waals surface area (Å²) in [6, 6.07) is 3.68. The zero-order chi connectivity index (χ0) is 12.4. The van der Waals surface area contributed by atoms with Gasteiger partial charge in [-0.2, -0.15) is 0 Å². The number of rotatable bonds is 3. The Labute approximate surface area is 99.8 Å². The quantitative estimate of drug-likeness (QED) is 0.787. The fourth-order valence-electron chi connectivity index (χ4n) is 2.49. The molecule has 3 heteroatoms. The van der Waals surface area contributed by atoms with Crippen molar-refractivity contribution in [2.45, 2.75) is 32.6 Å². The molecule has 1 aromatic rings. The molecule has 0 bridgehead atoms. The first-order valence-corrected chi connectivity index (χ1v) is 6.03. The highest BCUT2D eigenvalue weighted by molar-refractivity contribution is 5.83. The molecule has 2 atom stereocenters. The zero-order valence-electron chi connectivity index (χ0n) is 9.88. The van der Waals surface area contributed by atoms with Gasteiger partial charge in [-0.05, 0) is 42.9 Å². The van der Waals surface area contributed by atoms with Crippen molar-refractivity contribution in [2.24, 2.45) is 11.8 Å². The van der Waals surface area contributed by atoms with E-state index in [1.165, 1.54) is 6.07 Å². The molecule has 0 aromatic heterocycles. The Bertz CT molecular complexity index is 428. The average Bonchev–Trinajstić information content (AvgIpc) is 2.70. The molecular weight excluding hydrogens is 222 g/mol. The van der Waals surface area contributed by atoms with Gasteiger partial charge in [0.1, 0.15) is 5.78 Å². The smallest absolute Gasteiger partial charge is 0.159 e. The summed E-state index contributed by atoms with van der Waals surface area (Å²) in [7, 11) is 0. The molecule has 1 aliphatic carbocycles. The molecule has 1 nitrogen and oxygen atoms in total. The van der Waals surface area contributed by atoms with Gasteiger partial charge in [0.05, 0.1) is 0 Å². The van der Waals surface area contributed by atoms with E-state index in [2.05, 4.69) is 6.92 Å². The Kier molecular flexibility index (Phi) is 3.55. The van der Waals surface area contributed by atoms with E-state index in [0.717, 1.165) is 31.4 Å². The molecule has 2 rings (SSSR count). The van der Waals surface area contributed by atoms with Crippen LogP contribution >= 0.6 is 0 Å². The number of benzene rings is 1. The van der Waals surface area contributed by atoms with Gasteiger partial charge in [-0.3, -0.25) is 4.79 Å². The van der Waals surface area contributed by atoms with Crippen molar-refractivity contribution in [3.63, 3.8) is 0 Å². The summed E-state index contributed by atoms with van der Waals surface area (Å²) >= 11 is 0. The molecule has 0 amide bonds. The van der Waals surface area contributed by atoms with Gasteiger partial charge in [-0.15, -0.1) is 0 Å². The van der Waals surface area contributed by atoms with E-state index >= 15 is 0 Å². The molecule has 17 heavy (non-hydrogen) atoms. The minimum Gasteiger partial charge on any atom is -0.299 e. The van der Waals surface area contributed by atoms with Crippen LogP contribution in [0, 0.1) is 23.5 Å². The van der Waals surface area contributed by atoms with Crippen molar-refractivity contribution in [3.05, 3.63) is 35.4 Å². The highest BCUT2D eigenvalue weighted by atomic mass is 19.2. The van der Waals surface area contributed by atoms with Crippen molar-refractivity contribution < 1.29 is 13.6 Å². The third kappa shape index (κ3) is 2.90. The third-order valence-electron chi connectivity index (χ3n) is 3.51. The van der Waals surface area contributed by atoms with Gasteiger partial charge >= 0.3 is 0 Å². The van der Waals surface area contributed by atoms with Crippen LogP contribution in [0.2, 0.25) is 0 Å². The highest BCUT2D eigenvalue weighted by Gasteiger charge is 2.27. The van der Waals surface area contributed by atoms with Crippen molar-refractivity contribution in [1.82, 2.24) is 0 Å². The normalized spacial score (nSPS) is 23.9.